The summed E-state index contributed by atoms with van der Waals surface area (Å²) in [5.74, 6) is 0.779. The third-order valence-electron chi connectivity index (χ3n) is 3.95. The van der Waals surface area contributed by atoms with Crippen LogP contribution in [0.4, 0.5) is 0 Å². The number of aryl methyl sites for hydroxylation is 1. The smallest absolute Gasteiger partial charge is 0.119 e. The molecule has 0 aromatic heterocycles. The van der Waals surface area contributed by atoms with E-state index in [1.54, 1.807) is 7.11 Å². The first-order valence-electron chi connectivity index (χ1n) is 7.05. The van der Waals surface area contributed by atoms with Crippen LogP contribution in [0.2, 0.25) is 0 Å². The first-order chi connectivity index (χ1) is 10.1. The minimum absolute atomic E-state index is 0.107. The number of rotatable bonds is 6. The summed E-state index contributed by atoms with van der Waals surface area (Å²) >= 11 is 0. The van der Waals surface area contributed by atoms with Crippen molar-refractivity contribution in [3.8, 4) is 5.75 Å². The predicted molar refractivity (Wildman–Crippen MR) is 83.7 cm³/mol. The molecule has 0 atom stereocenters. The molecule has 2 aromatic carbocycles. The van der Waals surface area contributed by atoms with Gasteiger partial charge in [0.15, 0.2) is 0 Å². The predicted octanol–water partition coefficient (Wildman–Crippen LogP) is 2.47. The molecule has 2 N–H and O–H groups in total. The van der Waals surface area contributed by atoms with Crippen LogP contribution in [0.3, 0.4) is 0 Å². The van der Waals surface area contributed by atoms with Crippen molar-refractivity contribution < 1.29 is 14.9 Å². The Morgan fingerprint density at radius 1 is 1.00 bits per heavy atom. The van der Waals surface area contributed by atoms with Gasteiger partial charge in [0.25, 0.3) is 0 Å². The van der Waals surface area contributed by atoms with Gasteiger partial charge in [-0.05, 0) is 36.6 Å². The van der Waals surface area contributed by atoms with Crippen molar-refractivity contribution in [1.29, 1.82) is 0 Å². The van der Waals surface area contributed by atoms with E-state index in [0.717, 1.165) is 22.4 Å². The zero-order valence-corrected chi connectivity index (χ0v) is 12.5. The summed E-state index contributed by atoms with van der Waals surface area (Å²) in [7, 11) is 1.63. The minimum Gasteiger partial charge on any atom is -0.497 e. The summed E-state index contributed by atoms with van der Waals surface area (Å²) in [6, 6.07) is 15.7. The number of methoxy groups -OCH3 is 1. The van der Waals surface area contributed by atoms with Gasteiger partial charge in [0.1, 0.15) is 5.75 Å². The zero-order valence-electron chi connectivity index (χ0n) is 12.5. The lowest BCUT2D eigenvalue weighted by molar-refractivity contribution is 0.116. The summed E-state index contributed by atoms with van der Waals surface area (Å²) < 4.78 is 5.23. The third kappa shape index (κ3) is 3.43. The minimum atomic E-state index is -0.680. The first-order valence-corrected chi connectivity index (χ1v) is 7.05. The fourth-order valence-electron chi connectivity index (χ4n) is 2.53. The van der Waals surface area contributed by atoms with Crippen LogP contribution in [-0.2, 0) is 11.8 Å². The van der Waals surface area contributed by atoms with Gasteiger partial charge >= 0.3 is 0 Å². The molecule has 3 nitrogen and oxygen atoms in total. The van der Waals surface area contributed by atoms with Crippen LogP contribution >= 0.6 is 0 Å². The molecule has 0 aliphatic heterocycles. The molecule has 112 valence electrons. The quantitative estimate of drug-likeness (QED) is 0.857. The molecule has 2 rings (SSSR count). The largest absolute Gasteiger partial charge is 0.497 e. The van der Waals surface area contributed by atoms with E-state index in [9.17, 15) is 10.2 Å². The Morgan fingerprint density at radius 2 is 1.67 bits per heavy atom. The molecule has 0 aliphatic carbocycles. The van der Waals surface area contributed by atoms with Crippen LogP contribution < -0.4 is 4.74 Å². The van der Waals surface area contributed by atoms with Crippen LogP contribution in [0.15, 0.2) is 48.5 Å². The van der Waals surface area contributed by atoms with Crippen LogP contribution in [-0.4, -0.2) is 30.5 Å². The Hall–Kier alpha value is -1.84. The second-order valence-electron chi connectivity index (χ2n) is 5.49. The van der Waals surface area contributed by atoms with Crippen LogP contribution in [0.5, 0.6) is 5.75 Å². The van der Waals surface area contributed by atoms with E-state index in [0.29, 0.717) is 6.42 Å². The average Bonchev–Trinajstić information content (AvgIpc) is 2.54. The monoisotopic (exact) mass is 286 g/mol. The topological polar surface area (TPSA) is 49.7 Å². The lowest BCUT2D eigenvalue weighted by Gasteiger charge is -2.31. The van der Waals surface area contributed by atoms with Crippen LogP contribution in [0.25, 0.3) is 0 Å². The van der Waals surface area contributed by atoms with E-state index >= 15 is 0 Å². The normalized spacial score (nSPS) is 11.4. The number of hydrogen-bond donors (Lipinski definition) is 2. The van der Waals surface area contributed by atoms with Crippen molar-refractivity contribution in [2.45, 2.75) is 18.8 Å². The van der Waals surface area contributed by atoms with Gasteiger partial charge in [0.05, 0.1) is 20.3 Å². The van der Waals surface area contributed by atoms with Gasteiger partial charge in [0.2, 0.25) is 0 Å². The fraction of sp³-hybridized carbons (Fsp3) is 0.333. The fourth-order valence-corrected chi connectivity index (χ4v) is 2.53. The van der Waals surface area contributed by atoms with Crippen molar-refractivity contribution >= 4 is 0 Å². The van der Waals surface area contributed by atoms with E-state index in [4.69, 9.17) is 4.74 Å². The first kappa shape index (κ1) is 15.5. The zero-order chi connectivity index (χ0) is 15.3. The molecule has 0 saturated carbocycles. The van der Waals surface area contributed by atoms with Crippen LogP contribution in [0, 0.1) is 6.92 Å². The molecule has 0 aliphatic rings. The van der Waals surface area contributed by atoms with Crippen LogP contribution in [0.1, 0.15) is 16.7 Å². The summed E-state index contributed by atoms with van der Waals surface area (Å²) in [5, 5.41) is 19.8. The molecular formula is C18H22O3. The molecule has 0 unspecified atom stereocenters. The van der Waals surface area contributed by atoms with Gasteiger partial charge < -0.3 is 14.9 Å². The number of hydrogen-bond acceptors (Lipinski definition) is 3. The summed E-state index contributed by atoms with van der Waals surface area (Å²) in [4.78, 5) is 0. The third-order valence-corrected chi connectivity index (χ3v) is 3.95. The Balaban J connectivity index is 2.35. The highest BCUT2D eigenvalue weighted by Crippen LogP contribution is 2.29. The molecule has 0 amide bonds. The molecule has 0 bridgehead atoms. The Bertz CT molecular complexity index is 571. The highest BCUT2D eigenvalue weighted by Gasteiger charge is 2.31. The van der Waals surface area contributed by atoms with Gasteiger partial charge in [-0.1, -0.05) is 42.0 Å². The van der Waals surface area contributed by atoms with Gasteiger partial charge in [0, 0.05) is 5.41 Å². The second-order valence-corrected chi connectivity index (χ2v) is 5.49. The number of aliphatic hydroxyl groups excluding tert-OH is 2. The van der Waals surface area contributed by atoms with E-state index in [1.807, 2.05) is 55.5 Å². The standard InChI is InChI=1S/C18H22O3/c1-14-6-8-16(9-7-14)18(12-19,13-20)11-15-4-3-5-17(10-15)21-2/h3-10,19-20H,11-13H2,1-2H3. The molecule has 0 fully saturated rings. The van der Waals surface area contributed by atoms with Crippen molar-refractivity contribution in [3.63, 3.8) is 0 Å². The number of ether oxygens (including phenoxy) is 1. The maximum atomic E-state index is 9.90. The van der Waals surface area contributed by atoms with Crippen molar-refractivity contribution in [3.05, 3.63) is 65.2 Å². The second kappa shape index (κ2) is 6.74. The number of aliphatic hydroxyl groups is 2. The molecule has 0 heterocycles. The molecular weight excluding hydrogens is 264 g/mol. The van der Waals surface area contributed by atoms with Crippen molar-refractivity contribution in [2.24, 2.45) is 0 Å². The lowest BCUT2D eigenvalue weighted by atomic mass is 9.76. The molecule has 2 aromatic rings. The Labute approximate surface area is 125 Å². The van der Waals surface area contributed by atoms with Crippen molar-refractivity contribution in [1.82, 2.24) is 0 Å². The van der Waals surface area contributed by atoms with Gasteiger partial charge in [-0.15, -0.1) is 0 Å². The highest BCUT2D eigenvalue weighted by molar-refractivity contribution is 5.35. The molecule has 21 heavy (non-hydrogen) atoms. The molecule has 0 saturated heterocycles. The van der Waals surface area contributed by atoms with E-state index in [1.165, 1.54) is 0 Å². The summed E-state index contributed by atoms with van der Waals surface area (Å²) in [6.45, 7) is 1.80. The average molecular weight is 286 g/mol. The molecule has 0 spiro atoms. The molecule has 0 radical (unpaired) electrons. The van der Waals surface area contributed by atoms with Gasteiger partial charge in [-0.2, -0.15) is 0 Å². The SMILES string of the molecule is COc1cccc(CC(CO)(CO)c2ccc(C)cc2)c1. The van der Waals surface area contributed by atoms with Gasteiger partial charge in [-0.25, -0.2) is 0 Å². The van der Waals surface area contributed by atoms with E-state index in [-0.39, 0.29) is 13.2 Å². The molecule has 3 heteroatoms. The van der Waals surface area contributed by atoms with E-state index < -0.39 is 5.41 Å². The maximum Gasteiger partial charge on any atom is 0.119 e. The Kier molecular flexibility index (Phi) is 4.99. The maximum absolute atomic E-state index is 9.90. The summed E-state index contributed by atoms with van der Waals surface area (Å²) in [5.41, 5.74) is 2.45. The lowest BCUT2D eigenvalue weighted by Crippen LogP contribution is -2.37. The summed E-state index contributed by atoms with van der Waals surface area (Å²) in [6.07, 6.45) is 0.556. The van der Waals surface area contributed by atoms with Crippen molar-refractivity contribution in [2.75, 3.05) is 20.3 Å². The Morgan fingerprint density at radius 3 is 2.24 bits per heavy atom. The van der Waals surface area contributed by atoms with Gasteiger partial charge in [-0.3, -0.25) is 0 Å². The van der Waals surface area contributed by atoms with E-state index in [2.05, 4.69) is 0 Å². The highest BCUT2D eigenvalue weighted by atomic mass is 16.5. The number of benzene rings is 2.